The van der Waals surface area contributed by atoms with Crippen LogP contribution in [0.2, 0.25) is 0 Å². The number of methoxy groups -OCH3 is 1. The fraction of sp³-hybridized carbons (Fsp3) is 0.300. The second-order valence-electron chi connectivity index (χ2n) is 6.18. The number of nitrogens with zero attached hydrogens (tertiary/aromatic N) is 1. The van der Waals surface area contributed by atoms with Crippen LogP contribution in [0.5, 0.6) is 5.75 Å². The molecule has 0 aromatic heterocycles. The molecule has 0 spiro atoms. The number of nitro groups is 1. The highest BCUT2D eigenvalue weighted by atomic mass is 16.6. The standard InChI is InChI=1S/C20H23N3O5/c1-4-13(5-2)19(24)21-15-8-6-7-14(11-15)20(25)22-17-12-16(23(26)27)9-10-18(17)28-3/h6-13H,4-5H2,1-3H3,(H,21,24)(H,22,25). The summed E-state index contributed by atoms with van der Waals surface area (Å²) in [5, 5.41) is 16.4. The molecule has 148 valence electrons. The lowest BCUT2D eigenvalue weighted by atomic mass is 10.0. The average Bonchev–Trinajstić information content (AvgIpc) is 2.69. The fourth-order valence-corrected chi connectivity index (χ4v) is 2.74. The van der Waals surface area contributed by atoms with E-state index in [1.165, 1.54) is 25.3 Å². The number of carbonyl (C=O) groups excluding carboxylic acids is 2. The van der Waals surface area contributed by atoms with Gasteiger partial charge >= 0.3 is 0 Å². The number of benzene rings is 2. The number of ether oxygens (including phenoxy) is 1. The first-order valence-corrected chi connectivity index (χ1v) is 8.94. The zero-order valence-corrected chi connectivity index (χ0v) is 16.0. The maximum absolute atomic E-state index is 12.6. The molecule has 2 aromatic rings. The summed E-state index contributed by atoms with van der Waals surface area (Å²) in [6, 6.07) is 10.4. The van der Waals surface area contributed by atoms with E-state index in [2.05, 4.69) is 10.6 Å². The Balaban J connectivity index is 2.20. The molecule has 0 saturated carbocycles. The molecule has 0 aliphatic rings. The molecule has 2 N–H and O–H groups in total. The number of nitro benzene ring substituents is 1. The topological polar surface area (TPSA) is 111 Å². The van der Waals surface area contributed by atoms with Crippen LogP contribution in [0.15, 0.2) is 42.5 Å². The van der Waals surface area contributed by atoms with Crippen LogP contribution in [0, 0.1) is 16.0 Å². The first-order valence-electron chi connectivity index (χ1n) is 8.94. The molecular formula is C20H23N3O5. The van der Waals surface area contributed by atoms with Crippen molar-refractivity contribution in [2.75, 3.05) is 17.7 Å². The minimum Gasteiger partial charge on any atom is -0.495 e. The zero-order chi connectivity index (χ0) is 20.7. The largest absolute Gasteiger partial charge is 0.495 e. The van der Waals surface area contributed by atoms with Crippen LogP contribution in [0.4, 0.5) is 17.1 Å². The fourth-order valence-electron chi connectivity index (χ4n) is 2.74. The lowest BCUT2D eigenvalue weighted by Crippen LogP contribution is -2.22. The Morgan fingerprint density at radius 2 is 1.82 bits per heavy atom. The predicted molar refractivity (Wildman–Crippen MR) is 107 cm³/mol. The third-order valence-corrected chi connectivity index (χ3v) is 4.39. The van der Waals surface area contributed by atoms with E-state index in [0.29, 0.717) is 17.0 Å². The summed E-state index contributed by atoms with van der Waals surface area (Å²) in [5.74, 6) is -0.357. The van der Waals surface area contributed by atoms with Gasteiger partial charge in [-0.3, -0.25) is 19.7 Å². The molecule has 0 bridgehead atoms. The van der Waals surface area contributed by atoms with E-state index >= 15 is 0 Å². The smallest absolute Gasteiger partial charge is 0.271 e. The molecule has 0 fully saturated rings. The van der Waals surface area contributed by atoms with Crippen LogP contribution in [-0.4, -0.2) is 23.8 Å². The van der Waals surface area contributed by atoms with Gasteiger partial charge in [-0.1, -0.05) is 19.9 Å². The van der Waals surface area contributed by atoms with E-state index in [1.54, 1.807) is 24.3 Å². The minimum atomic E-state index is -0.552. The van der Waals surface area contributed by atoms with Crippen LogP contribution in [0.1, 0.15) is 37.0 Å². The number of nitrogens with one attached hydrogen (secondary N) is 2. The minimum absolute atomic E-state index is 0.0911. The van der Waals surface area contributed by atoms with Gasteiger partial charge in [0.1, 0.15) is 5.75 Å². The van der Waals surface area contributed by atoms with Crippen LogP contribution in [-0.2, 0) is 4.79 Å². The number of anilines is 2. The van der Waals surface area contributed by atoms with E-state index in [0.717, 1.165) is 12.8 Å². The normalized spacial score (nSPS) is 10.4. The van der Waals surface area contributed by atoms with E-state index in [-0.39, 0.29) is 23.2 Å². The molecule has 0 saturated heterocycles. The SMILES string of the molecule is CCC(CC)C(=O)Nc1cccc(C(=O)Nc2cc([N+](=O)[O-])ccc2OC)c1. The van der Waals surface area contributed by atoms with Crippen LogP contribution in [0.25, 0.3) is 0 Å². The van der Waals surface area contributed by atoms with Gasteiger partial charge in [0.05, 0.1) is 17.7 Å². The molecule has 28 heavy (non-hydrogen) atoms. The molecule has 0 aliphatic carbocycles. The number of rotatable bonds is 8. The van der Waals surface area contributed by atoms with Crippen molar-refractivity contribution in [2.24, 2.45) is 5.92 Å². The second kappa shape index (κ2) is 9.50. The van der Waals surface area contributed by atoms with Crippen LogP contribution >= 0.6 is 0 Å². The summed E-state index contributed by atoms with van der Waals surface area (Å²) >= 11 is 0. The summed E-state index contributed by atoms with van der Waals surface area (Å²) in [4.78, 5) is 35.3. The van der Waals surface area contributed by atoms with E-state index in [4.69, 9.17) is 4.74 Å². The molecule has 2 rings (SSSR count). The summed E-state index contributed by atoms with van der Waals surface area (Å²) in [5.41, 5.74) is 0.835. The van der Waals surface area contributed by atoms with Crippen molar-refractivity contribution in [3.63, 3.8) is 0 Å². The van der Waals surface area contributed by atoms with Gasteiger partial charge in [0, 0.05) is 29.3 Å². The van der Waals surface area contributed by atoms with Gasteiger partial charge in [0.2, 0.25) is 5.91 Å². The molecule has 0 atom stereocenters. The Bertz CT molecular complexity index is 878. The molecule has 8 heteroatoms. The van der Waals surface area contributed by atoms with Gasteiger partial charge in [-0.2, -0.15) is 0 Å². The van der Waals surface area contributed by atoms with Crippen molar-refractivity contribution in [2.45, 2.75) is 26.7 Å². The number of amides is 2. The van der Waals surface area contributed by atoms with E-state index in [1.807, 2.05) is 13.8 Å². The van der Waals surface area contributed by atoms with Gasteiger partial charge in [-0.25, -0.2) is 0 Å². The van der Waals surface area contributed by atoms with Gasteiger partial charge in [-0.05, 0) is 37.1 Å². The highest BCUT2D eigenvalue weighted by Gasteiger charge is 2.17. The number of hydrogen-bond acceptors (Lipinski definition) is 5. The Hall–Kier alpha value is -3.42. The van der Waals surface area contributed by atoms with Crippen molar-refractivity contribution >= 4 is 28.9 Å². The third kappa shape index (κ3) is 5.06. The molecule has 8 nitrogen and oxygen atoms in total. The van der Waals surface area contributed by atoms with Gasteiger partial charge in [0.15, 0.2) is 0 Å². The lowest BCUT2D eigenvalue weighted by molar-refractivity contribution is -0.384. The van der Waals surface area contributed by atoms with Gasteiger partial charge < -0.3 is 15.4 Å². The summed E-state index contributed by atoms with van der Waals surface area (Å²) in [6.45, 7) is 3.90. The van der Waals surface area contributed by atoms with Gasteiger partial charge in [0.25, 0.3) is 11.6 Å². The Labute approximate surface area is 163 Å². The summed E-state index contributed by atoms with van der Waals surface area (Å²) in [7, 11) is 1.41. The molecule has 0 radical (unpaired) electrons. The highest BCUT2D eigenvalue weighted by molar-refractivity contribution is 6.06. The Morgan fingerprint density at radius 3 is 2.43 bits per heavy atom. The molecule has 0 heterocycles. The van der Waals surface area contributed by atoms with Crippen molar-refractivity contribution in [3.05, 3.63) is 58.1 Å². The monoisotopic (exact) mass is 385 g/mol. The Kier molecular flexibility index (Phi) is 7.08. The summed E-state index contributed by atoms with van der Waals surface area (Å²) < 4.78 is 5.15. The molecule has 0 unspecified atom stereocenters. The van der Waals surface area contributed by atoms with Crippen molar-refractivity contribution in [3.8, 4) is 5.75 Å². The lowest BCUT2D eigenvalue weighted by Gasteiger charge is -2.14. The zero-order valence-electron chi connectivity index (χ0n) is 16.0. The van der Waals surface area contributed by atoms with Crippen molar-refractivity contribution < 1.29 is 19.2 Å². The summed E-state index contributed by atoms with van der Waals surface area (Å²) in [6.07, 6.45) is 1.46. The van der Waals surface area contributed by atoms with E-state index in [9.17, 15) is 19.7 Å². The predicted octanol–water partition coefficient (Wildman–Crippen LogP) is 4.23. The Morgan fingerprint density at radius 1 is 1.11 bits per heavy atom. The molecule has 0 aliphatic heterocycles. The first kappa shape index (κ1) is 20.9. The number of hydrogen-bond donors (Lipinski definition) is 2. The number of carbonyl (C=O) groups is 2. The van der Waals surface area contributed by atoms with Crippen molar-refractivity contribution in [1.82, 2.24) is 0 Å². The quantitative estimate of drug-likeness (QED) is 0.522. The molecular weight excluding hydrogens is 362 g/mol. The second-order valence-corrected chi connectivity index (χ2v) is 6.18. The third-order valence-electron chi connectivity index (χ3n) is 4.39. The highest BCUT2D eigenvalue weighted by Crippen LogP contribution is 2.29. The molecule has 2 amide bonds. The maximum atomic E-state index is 12.6. The maximum Gasteiger partial charge on any atom is 0.271 e. The number of non-ortho nitro benzene ring substituents is 1. The first-order chi connectivity index (χ1) is 13.4. The molecule has 2 aromatic carbocycles. The van der Waals surface area contributed by atoms with Crippen LogP contribution in [0.3, 0.4) is 0 Å². The average molecular weight is 385 g/mol. The van der Waals surface area contributed by atoms with Gasteiger partial charge in [-0.15, -0.1) is 0 Å². The van der Waals surface area contributed by atoms with Crippen LogP contribution < -0.4 is 15.4 Å². The van der Waals surface area contributed by atoms with Crippen molar-refractivity contribution in [1.29, 1.82) is 0 Å². The van der Waals surface area contributed by atoms with E-state index < -0.39 is 10.8 Å².